The van der Waals surface area contributed by atoms with Gasteiger partial charge in [-0.25, -0.2) is 0 Å². The number of ether oxygens (including phenoxy) is 2. The van der Waals surface area contributed by atoms with Gasteiger partial charge in [0.2, 0.25) is 0 Å². The molecule has 2 heterocycles. The summed E-state index contributed by atoms with van der Waals surface area (Å²) >= 11 is 0. The van der Waals surface area contributed by atoms with Crippen LogP contribution in [0.4, 0.5) is 0 Å². The second-order valence-corrected chi connectivity index (χ2v) is 6.62. The van der Waals surface area contributed by atoms with Gasteiger partial charge in [0.05, 0.1) is 0 Å². The third kappa shape index (κ3) is 4.51. The highest BCUT2D eigenvalue weighted by atomic mass is 16.5. The maximum atomic E-state index is 12.5. The molecule has 1 unspecified atom stereocenters. The summed E-state index contributed by atoms with van der Waals surface area (Å²) in [5, 5.41) is 0. The third-order valence-corrected chi connectivity index (χ3v) is 4.81. The van der Waals surface area contributed by atoms with Crippen molar-refractivity contribution in [1.29, 1.82) is 0 Å². The second-order valence-electron chi connectivity index (χ2n) is 6.62. The Labute approximate surface area is 148 Å². The largest absolute Gasteiger partial charge is 0.484 e. The van der Waals surface area contributed by atoms with Gasteiger partial charge in [0.25, 0.3) is 11.8 Å². The van der Waals surface area contributed by atoms with Crippen molar-refractivity contribution < 1.29 is 19.1 Å². The molecule has 0 bridgehead atoms. The molecule has 0 radical (unpaired) electrons. The number of aryl methyl sites for hydroxylation is 1. The molecule has 2 fully saturated rings. The van der Waals surface area contributed by atoms with Crippen molar-refractivity contribution in [3.05, 3.63) is 29.8 Å². The summed E-state index contributed by atoms with van der Waals surface area (Å²) in [5.74, 6) is 0.776. The van der Waals surface area contributed by atoms with Crippen LogP contribution in [0.2, 0.25) is 0 Å². The zero-order valence-corrected chi connectivity index (χ0v) is 14.8. The van der Waals surface area contributed by atoms with E-state index in [0.29, 0.717) is 32.8 Å². The first-order valence-corrected chi connectivity index (χ1v) is 9.02. The van der Waals surface area contributed by atoms with E-state index in [1.165, 1.54) is 0 Å². The summed E-state index contributed by atoms with van der Waals surface area (Å²) in [7, 11) is 0. The van der Waals surface area contributed by atoms with Gasteiger partial charge in [-0.3, -0.25) is 9.59 Å². The molecule has 2 saturated heterocycles. The van der Waals surface area contributed by atoms with Gasteiger partial charge in [-0.05, 0) is 37.8 Å². The molecule has 0 aromatic heterocycles. The van der Waals surface area contributed by atoms with Gasteiger partial charge in [-0.1, -0.05) is 18.2 Å². The lowest BCUT2D eigenvalue weighted by atomic mass is 10.2. The molecular weight excluding hydrogens is 320 g/mol. The van der Waals surface area contributed by atoms with Crippen molar-refractivity contribution >= 4 is 11.8 Å². The molecule has 6 nitrogen and oxygen atoms in total. The van der Waals surface area contributed by atoms with Gasteiger partial charge in [0.1, 0.15) is 11.9 Å². The SMILES string of the molecule is Cc1ccccc1OCC(=O)N1CCCN(C(=O)C2CCCO2)CC1. The minimum atomic E-state index is -0.286. The van der Waals surface area contributed by atoms with Crippen LogP contribution in [-0.2, 0) is 14.3 Å². The minimum absolute atomic E-state index is 0.0323. The molecule has 0 spiro atoms. The Balaban J connectivity index is 1.49. The first-order valence-electron chi connectivity index (χ1n) is 9.02. The van der Waals surface area contributed by atoms with Crippen LogP contribution in [0.15, 0.2) is 24.3 Å². The fourth-order valence-corrected chi connectivity index (χ4v) is 3.31. The molecule has 0 saturated carbocycles. The predicted molar refractivity (Wildman–Crippen MR) is 93.4 cm³/mol. The molecule has 136 valence electrons. The average Bonchev–Trinajstić information content (AvgIpc) is 3.04. The fraction of sp³-hybridized carbons (Fsp3) is 0.579. The van der Waals surface area contributed by atoms with E-state index in [1.807, 2.05) is 36.1 Å². The third-order valence-electron chi connectivity index (χ3n) is 4.81. The maximum Gasteiger partial charge on any atom is 0.260 e. The molecule has 0 N–H and O–H groups in total. The van der Waals surface area contributed by atoms with Crippen molar-refractivity contribution in [3.63, 3.8) is 0 Å². The molecule has 3 rings (SSSR count). The van der Waals surface area contributed by atoms with Gasteiger partial charge >= 0.3 is 0 Å². The Morgan fingerprint density at radius 3 is 2.64 bits per heavy atom. The van der Waals surface area contributed by atoms with E-state index in [-0.39, 0.29) is 24.5 Å². The lowest BCUT2D eigenvalue weighted by Crippen LogP contribution is -2.42. The smallest absolute Gasteiger partial charge is 0.260 e. The molecule has 1 aromatic rings. The summed E-state index contributed by atoms with van der Waals surface area (Å²) in [5.41, 5.74) is 1.01. The Bertz CT molecular complexity index is 613. The van der Waals surface area contributed by atoms with Crippen LogP contribution in [-0.4, -0.2) is 67.1 Å². The van der Waals surface area contributed by atoms with E-state index in [1.54, 1.807) is 4.90 Å². The molecule has 1 atom stereocenters. The Morgan fingerprint density at radius 1 is 1.12 bits per heavy atom. The van der Waals surface area contributed by atoms with Crippen LogP contribution in [0.5, 0.6) is 5.75 Å². The predicted octanol–water partition coefficient (Wildman–Crippen LogP) is 1.61. The van der Waals surface area contributed by atoms with Crippen LogP contribution in [0, 0.1) is 6.92 Å². The van der Waals surface area contributed by atoms with Gasteiger partial charge in [-0.2, -0.15) is 0 Å². The van der Waals surface area contributed by atoms with Crippen LogP contribution in [0.25, 0.3) is 0 Å². The number of amides is 2. The topological polar surface area (TPSA) is 59.1 Å². The monoisotopic (exact) mass is 346 g/mol. The van der Waals surface area contributed by atoms with Crippen LogP contribution in [0.3, 0.4) is 0 Å². The van der Waals surface area contributed by atoms with E-state index in [9.17, 15) is 9.59 Å². The number of rotatable bonds is 4. The first kappa shape index (κ1) is 17.7. The average molecular weight is 346 g/mol. The summed E-state index contributed by atoms with van der Waals surface area (Å²) in [6.07, 6.45) is 2.26. The number of hydrogen-bond donors (Lipinski definition) is 0. The van der Waals surface area contributed by atoms with E-state index >= 15 is 0 Å². The second kappa shape index (κ2) is 8.34. The summed E-state index contributed by atoms with van der Waals surface area (Å²) in [6.45, 7) is 5.12. The normalized spacial score (nSPS) is 21.1. The number of carbonyl (C=O) groups is 2. The highest BCUT2D eigenvalue weighted by Gasteiger charge is 2.30. The van der Waals surface area contributed by atoms with Crippen molar-refractivity contribution in [1.82, 2.24) is 9.80 Å². The molecule has 0 aliphatic carbocycles. The van der Waals surface area contributed by atoms with Crippen LogP contribution >= 0.6 is 0 Å². The zero-order valence-electron chi connectivity index (χ0n) is 14.8. The van der Waals surface area contributed by atoms with E-state index in [2.05, 4.69) is 0 Å². The molecule has 1 aromatic carbocycles. The summed E-state index contributed by atoms with van der Waals surface area (Å²) < 4.78 is 11.1. The molecule has 2 aliphatic rings. The van der Waals surface area contributed by atoms with Crippen molar-refractivity contribution in [2.45, 2.75) is 32.3 Å². The van der Waals surface area contributed by atoms with Crippen molar-refractivity contribution in [2.75, 3.05) is 39.4 Å². The van der Waals surface area contributed by atoms with Gasteiger partial charge < -0.3 is 19.3 Å². The van der Waals surface area contributed by atoms with Crippen LogP contribution < -0.4 is 4.74 Å². The van der Waals surface area contributed by atoms with E-state index in [4.69, 9.17) is 9.47 Å². The standard InChI is InChI=1S/C19H26N2O4/c1-15-6-2-3-7-16(15)25-14-18(22)20-9-5-10-21(12-11-20)19(23)17-8-4-13-24-17/h2-3,6-7,17H,4-5,8-14H2,1H3. The van der Waals surface area contributed by atoms with Gasteiger partial charge in [0, 0.05) is 32.8 Å². The van der Waals surface area contributed by atoms with Crippen molar-refractivity contribution in [2.24, 2.45) is 0 Å². The quantitative estimate of drug-likeness (QED) is 0.831. The minimum Gasteiger partial charge on any atom is -0.484 e. The fourth-order valence-electron chi connectivity index (χ4n) is 3.31. The van der Waals surface area contributed by atoms with Gasteiger partial charge in [-0.15, -0.1) is 0 Å². The van der Waals surface area contributed by atoms with Crippen molar-refractivity contribution in [3.8, 4) is 5.75 Å². The first-order chi connectivity index (χ1) is 12.1. The highest BCUT2D eigenvalue weighted by molar-refractivity contribution is 5.81. The Hall–Kier alpha value is -2.08. The van der Waals surface area contributed by atoms with E-state index in [0.717, 1.165) is 30.6 Å². The summed E-state index contributed by atoms with van der Waals surface area (Å²) in [6, 6.07) is 7.67. The van der Waals surface area contributed by atoms with Crippen LogP contribution in [0.1, 0.15) is 24.8 Å². The van der Waals surface area contributed by atoms with E-state index < -0.39 is 0 Å². The number of hydrogen-bond acceptors (Lipinski definition) is 4. The molecule has 6 heteroatoms. The highest BCUT2D eigenvalue weighted by Crippen LogP contribution is 2.17. The lowest BCUT2D eigenvalue weighted by molar-refractivity contribution is -0.141. The molecular formula is C19H26N2O4. The number of para-hydroxylation sites is 1. The molecule has 2 amide bonds. The lowest BCUT2D eigenvalue weighted by Gasteiger charge is -2.24. The number of carbonyl (C=O) groups excluding carboxylic acids is 2. The molecule has 2 aliphatic heterocycles. The number of nitrogens with zero attached hydrogens (tertiary/aromatic N) is 2. The Kier molecular flexibility index (Phi) is 5.91. The zero-order chi connectivity index (χ0) is 17.6. The maximum absolute atomic E-state index is 12.5. The number of benzene rings is 1. The molecule has 25 heavy (non-hydrogen) atoms. The summed E-state index contributed by atoms with van der Waals surface area (Å²) in [4.78, 5) is 28.5. The Morgan fingerprint density at radius 2 is 1.88 bits per heavy atom. The van der Waals surface area contributed by atoms with Gasteiger partial charge in [0.15, 0.2) is 6.61 Å².